The van der Waals surface area contributed by atoms with Crippen molar-refractivity contribution >= 4 is 11.8 Å². The molecule has 100 valence electrons. The predicted molar refractivity (Wildman–Crippen MR) is 65.2 cm³/mol. The number of halogens is 1. The molecule has 18 heavy (non-hydrogen) atoms. The molecule has 1 aromatic rings. The Morgan fingerprint density at radius 2 is 2.44 bits per heavy atom. The van der Waals surface area contributed by atoms with E-state index in [9.17, 15) is 4.39 Å². The smallest absolute Gasteiger partial charge is 0.224 e. The summed E-state index contributed by atoms with van der Waals surface area (Å²) < 4.78 is 19.2. The van der Waals surface area contributed by atoms with E-state index in [1.54, 1.807) is 11.9 Å². The molecule has 1 aliphatic rings. The molecule has 0 amide bonds. The van der Waals surface area contributed by atoms with Gasteiger partial charge in [-0.15, -0.1) is 0 Å². The van der Waals surface area contributed by atoms with Gasteiger partial charge in [0.05, 0.1) is 31.6 Å². The monoisotopic (exact) mass is 256 g/mol. The maximum absolute atomic E-state index is 13.8. The zero-order valence-corrected chi connectivity index (χ0v) is 10.4. The van der Waals surface area contributed by atoms with E-state index in [4.69, 9.17) is 9.84 Å². The Balaban J connectivity index is 2.27. The van der Waals surface area contributed by atoms with Gasteiger partial charge in [0.15, 0.2) is 11.6 Å². The lowest BCUT2D eigenvalue weighted by molar-refractivity contribution is -0.0107. The lowest BCUT2D eigenvalue weighted by Gasteiger charge is -2.38. The Bertz CT molecular complexity index is 418. The van der Waals surface area contributed by atoms with Crippen molar-refractivity contribution in [2.75, 3.05) is 37.0 Å². The number of nitrogens with one attached hydrogen (secondary N) is 1. The Morgan fingerprint density at radius 3 is 3.11 bits per heavy atom. The SMILES string of the molecule is CNc1ncc(F)c(N2CC(CO)OCC2C)n1. The molecular weight excluding hydrogens is 239 g/mol. The van der Waals surface area contributed by atoms with Crippen LogP contribution < -0.4 is 10.2 Å². The van der Waals surface area contributed by atoms with Crippen molar-refractivity contribution in [3.63, 3.8) is 0 Å². The third-order valence-electron chi connectivity index (χ3n) is 2.93. The topological polar surface area (TPSA) is 70.5 Å². The Kier molecular flexibility index (Phi) is 3.93. The second-order valence-corrected chi connectivity index (χ2v) is 4.25. The van der Waals surface area contributed by atoms with Gasteiger partial charge < -0.3 is 20.1 Å². The lowest BCUT2D eigenvalue weighted by atomic mass is 10.2. The van der Waals surface area contributed by atoms with Gasteiger partial charge in [0.2, 0.25) is 5.95 Å². The van der Waals surface area contributed by atoms with Crippen molar-refractivity contribution in [1.82, 2.24) is 9.97 Å². The summed E-state index contributed by atoms with van der Waals surface area (Å²) in [5, 5.41) is 11.9. The molecule has 0 saturated carbocycles. The molecule has 1 aromatic heterocycles. The average Bonchev–Trinajstić information content (AvgIpc) is 2.40. The van der Waals surface area contributed by atoms with Crippen molar-refractivity contribution in [3.8, 4) is 0 Å². The van der Waals surface area contributed by atoms with Crippen LogP contribution in [0.15, 0.2) is 6.20 Å². The fourth-order valence-electron chi connectivity index (χ4n) is 1.90. The maximum atomic E-state index is 13.8. The van der Waals surface area contributed by atoms with Crippen LogP contribution in [-0.2, 0) is 4.74 Å². The largest absolute Gasteiger partial charge is 0.394 e. The van der Waals surface area contributed by atoms with Crippen LogP contribution in [0.1, 0.15) is 6.92 Å². The normalized spacial score (nSPS) is 24.1. The summed E-state index contributed by atoms with van der Waals surface area (Å²) in [6, 6.07) is 0.00176. The molecule has 2 unspecified atom stereocenters. The maximum Gasteiger partial charge on any atom is 0.224 e. The molecule has 0 bridgehead atoms. The number of aromatic nitrogens is 2. The second-order valence-electron chi connectivity index (χ2n) is 4.25. The van der Waals surface area contributed by atoms with E-state index < -0.39 is 5.82 Å². The number of ether oxygens (including phenoxy) is 1. The number of anilines is 2. The molecule has 1 fully saturated rings. The van der Waals surface area contributed by atoms with E-state index in [1.165, 1.54) is 0 Å². The van der Waals surface area contributed by atoms with Crippen molar-refractivity contribution in [1.29, 1.82) is 0 Å². The molecular formula is C11H17FN4O2. The van der Waals surface area contributed by atoms with Crippen molar-refractivity contribution in [2.24, 2.45) is 0 Å². The van der Waals surface area contributed by atoms with Crippen LogP contribution in [0, 0.1) is 5.82 Å². The zero-order chi connectivity index (χ0) is 13.1. The number of aliphatic hydroxyl groups is 1. The van der Waals surface area contributed by atoms with Gasteiger partial charge in [0, 0.05) is 13.6 Å². The molecule has 1 aliphatic heterocycles. The summed E-state index contributed by atoms with van der Waals surface area (Å²) >= 11 is 0. The van der Waals surface area contributed by atoms with Crippen LogP contribution in [0.2, 0.25) is 0 Å². The molecule has 2 rings (SSSR count). The summed E-state index contributed by atoms with van der Waals surface area (Å²) in [5.74, 6) is 0.133. The molecule has 0 spiro atoms. The summed E-state index contributed by atoms with van der Waals surface area (Å²) in [5.41, 5.74) is 0. The van der Waals surface area contributed by atoms with E-state index in [2.05, 4.69) is 15.3 Å². The Hall–Kier alpha value is -1.47. The molecule has 1 saturated heterocycles. The first-order chi connectivity index (χ1) is 8.65. The van der Waals surface area contributed by atoms with Crippen LogP contribution in [0.3, 0.4) is 0 Å². The third-order valence-corrected chi connectivity index (χ3v) is 2.93. The standard InChI is InChI=1S/C11H17FN4O2/c1-7-6-18-8(5-17)4-16(7)10-9(12)3-14-11(13-2)15-10/h3,7-8,17H,4-6H2,1-2H3,(H,13,14,15). The van der Waals surface area contributed by atoms with Crippen LogP contribution >= 0.6 is 0 Å². The Morgan fingerprint density at radius 1 is 1.67 bits per heavy atom. The summed E-state index contributed by atoms with van der Waals surface area (Å²) in [7, 11) is 1.68. The predicted octanol–water partition coefficient (Wildman–Crippen LogP) is 0.243. The molecule has 2 atom stereocenters. The minimum Gasteiger partial charge on any atom is -0.394 e. The molecule has 0 radical (unpaired) electrons. The molecule has 6 nitrogen and oxygen atoms in total. The fraction of sp³-hybridized carbons (Fsp3) is 0.636. The molecule has 2 heterocycles. The number of hydrogen-bond acceptors (Lipinski definition) is 6. The van der Waals surface area contributed by atoms with Crippen LogP contribution in [0.25, 0.3) is 0 Å². The highest BCUT2D eigenvalue weighted by Gasteiger charge is 2.28. The van der Waals surface area contributed by atoms with E-state index in [-0.39, 0.29) is 24.6 Å². The van der Waals surface area contributed by atoms with Crippen molar-refractivity contribution in [2.45, 2.75) is 19.1 Å². The second kappa shape index (κ2) is 5.45. The number of nitrogens with zero attached hydrogens (tertiary/aromatic N) is 3. The van der Waals surface area contributed by atoms with E-state index in [0.29, 0.717) is 19.1 Å². The highest BCUT2D eigenvalue weighted by atomic mass is 19.1. The minimum absolute atomic E-state index is 0.00176. The van der Waals surface area contributed by atoms with Gasteiger partial charge in [0.25, 0.3) is 0 Å². The van der Waals surface area contributed by atoms with E-state index >= 15 is 0 Å². The van der Waals surface area contributed by atoms with Crippen LogP contribution in [0.5, 0.6) is 0 Å². The first-order valence-corrected chi connectivity index (χ1v) is 5.85. The minimum atomic E-state index is -0.473. The van der Waals surface area contributed by atoms with Crippen LogP contribution in [0.4, 0.5) is 16.2 Å². The summed E-state index contributed by atoms with van der Waals surface area (Å²) in [6.45, 7) is 2.68. The highest BCUT2D eigenvalue weighted by Crippen LogP contribution is 2.23. The number of morpholine rings is 1. The number of hydrogen-bond donors (Lipinski definition) is 2. The van der Waals surface area contributed by atoms with Gasteiger partial charge >= 0.3 is 0 Å². The fourth-order valence-corrected chi connectivity index (χ4v) is 1.90. The molecule has 0 aliphatic carbocycles. The number of aliphatic hydroxyl groups excluding tert-OH is 1. The molecule has 2 N–H and O–H groups in total. The van der Waals surface area contributed by atoms with Crippen molar-refractivity contribution < 1.29 is 14.2 Å². The van der Waals surface area contributed by atoms with E-state index in [0.717, 1.165) is 6.20 Å². The van der Waals surface area contributed by atoms with Crippen molar-refractivity contribution in [3.05, 3.63) is 12.0 Å². The lowest BCUT2D eigenvalue weighted by Crippen LogP contribution is -2.50. The Labute approximate surface area is 105 Å². The first kappa shape index (κ1) is 13.0. The van der Waals surface area contributed by atoms with Gasteiger partial charge in [-0.3, -0.25) is 0 Å². The average molecular weight is 256 g/mol. The third kappa shape index (κ3) is 2.51. The summed E-state index contributed by atoms with van der Waals surface area (Å²) in [6.07, 6.45) is 0.832. The van der Waals surface area contributed by atoms with E-state index in [1.807, 2.05) is 6.92 Å². The van der Waals surface area contributed by atoms with Gasteiger partial charge in [-0.25, -0.2) is 9.37 Å². The molecule has 7 heteroatoms. The van der Waals surface area contributed by atoms with Gasteiger partial charge in [-0.05, 0) is 6.92 Å². The zero-order valence-electron chi connectivity index (χ0n) is 10.4. The molecule has 0 aromatic carbocycles. The number of rotatable bonds is 3. The highest BCUT2D eigenvalue weighted by molar-refractivity contribution is 5.45. The van der Waals surface area contributed by atoms with Crippen LogP contribution in [-0.4, -0.2) is 54.0 Å². The van der Waals surface area contributed by atoms with Gasteiger partial charge in [0.1, 0.15) is 0 Å². The van der Waals surface area contributed by atoms with Gasteiger partial charge in [-0.2, -0.15) is 4.98 Å². The quantitative estimate of drug-likeness (QED) is 0.807. The summed E-state index contributed by atoms with van der Waals surface area (Å²) in [4.78, 5) is 9.73. The van der Waals surface area contributed by atoms with Gasteiger partial charge in [-0.1, -0.05) is 0 Å². The first-order valence-electron chi connectivity index (χ1n) is 5.85.